The molecule has 1 saturated heterocycles. The van der Waals surface area contributed by atoms with E-state index in [0.29, 0.717) is 10.6 Å². The number of thiazole rings is 1. The lowest BCUT2D eigenvalue weighted by atomic mass is 10.1. The summed E-state index contributed by atoms with van der Waals surface area (Å²) in [6.45, 7) is -1.53. The molecule has 0 saturated carbocycles. The van der Waals surface area contributed by atoms with Crippen molar-refractivity contribution in [3.05, 3.63) is 23.7 Å². The van der Waals surface area contributed by atoms with E-state index in [0.717, 1.165) is 10.2 Å². The molecular formula is C14H12F3N3O2S. The van der Waals surface area contributed by atoms with Crippen LogP contribution in [0.5, 0.6) is 0 Å². The minimum atomic E-state index is -4.46. The molecule has 1 unspecified atom stereocenters. The number of hydrogen-bond donors (Lipinski definition) is 1. The molecule has 1 N–H and O–H groups in total. The molecule has 1 atom stereocenters. The number of alkyl halides is 3. The van der Waals surface area contributed by atoms with Gasteiger partial charge < -0.3 is 10.2 Å². The molecular weight excluding hydrogens is 331 g/mol. The first-order valence-corrected chi connectivity index (χ1v) is 7.68. The second-order valence-electron chi connectivity index (χ2n) is 5.31. The largest absolute Gasteiger partial charge is 0.406 e. The number of rotatable bonds is 3. The fraction of sp³-hybridized carbons (Fsp3) is 0.357. The highest BCUT2D eigenvalue weighted by molar-refractivity contribution is 7.16. The summed E-state index contributed by atoms with van der Waals surface area (Å²) < 4.78 is 38.0. The number of aromatic nitrogens is 1. The quantitative estimate of drug-likeness (QED) is 0.932. The molecule has 1 aromatic carbocycles. The minimum Gasteiger partial charge on any atom is -0.333 e. The number of halogens is 3. The second-order valence-corrected chi connectivity index (χ2v) is 6.20. The van der Waals surface area contributed by atoms with Crippen LogP contribution >= 0.6 is 11.3 Å². The molecule has 1 aliphatic rings. The van der Waals surface area contributed by atoms with Crippen LogP contribution in [0.1, 0.15) is 6.42 Å². The molecule has 1 aromatic heterocycles. The van der Waals surface area contributed by atoms with Gasteiger partial charge in [-0.2, -0.15) is 13.2 Å². The normalized spacial score (nSPS) is 18.7. The molecule has 1 aliphatic heterocycles. The maximum absolute atomic E-state index is 12.4. The third kappa shape index (κ3) is 3.61. The first kappa shape index (κ1) is 15.7. The molecule has 5 nitrogen and oxygen atoms in total. The number of carbonyl (C=O) groups excluding carboxylic acids is 2. The number of amides is 2. The third-order valence-electron chi connectivity index (χ3n) is 3.55. The lowest BCUT2D eigenvalue weighted by Crippen LogP contribution is -2.36. The van der Waals surface area contributed by atoms with Crippen molar-refractivity contribution < 1.29 is 22.8 Å². The number of likely N-dealkylation sites (tertiary alicyclic amines) is 1. The molecule has 0 spiro atoms. The number of fused-ring (bicyclic) bond motifs is 1. The molecule has 9 heteroatoms. The topological polar surface area (TPSA) is 62.3 Å². The van der Waals surface area contributed by atoms with Crippen LogP contribution in [0.2, 0.25) is 0 Å². The Hall–Kier alpha value is -2.16. The molecule has 0 aliphatic carbocycles. The van der Waals surface area contributed by atoms with E-state index in [2.05, 4.69) is 10.3 Å². The van der Waals surface area contributed by atoms with Crippen LogP contribution in [0.15, 0.2) is 23.7 Å². The second kappa shape index (κ2) is 5.80. The SMILES string of the molecule is O=C(Nc1ccc2ncsc2c1)C1CC(=O)N(CC(F)(F)F)C1. The van der Waals surface area contributed by atoms with Crippen molar-refractivity contribution in [2.24, 2.45) is 5.92 Å². The van der Waals surface area contributed by atoms with Crippen molar-refractivity contribution >= 4 is 39.1 Å². The monoisotopic (exact) mass is 343 g/mol. The van der Waals surface area contributed by atoms with Gasteiger partial charge in [-0.25, -0.2) is 4.98 Å². The van der Waals surface area contributed by atoms with Gasteiger partial charge in [-0.05, 0) is 18.2 Å². The Kier molecular flexibility index (Phi) is 3.97. The van der Waals surface area contributed by atoms with Gasteiger partial charge in [0.2, 0.25) is 11.8 Å². The molecule has 0 bridgehead atoms. The van der Waals surface area contributed by atoms with E-state index in [1.165, 1.54) is 11.3 Å². The van der Waals surface area contributed by atoms with Gasteiger partial charge in [-0.15, -0.1) is 11.3 Å². The van der Waals surface area contributed by atoms with Crippen molar-refractivity contribution in [2.75, 3.05) is 18.4 Å². The van der Waals surface area contributed by atoms with Gasteiger partial charge in [0.1, 0.15) is 6.54 Å². The van der Waals surface area contributed by atoms with Crippen LogP contribution < -0.4 is 5.32 Å². The first-order chi connectivity index (χ1) is 10.8. The highest BCUT2D eigenvalue weighted by atomic mass is 32.1. The van der Waals surface area contributed by atoms with Crippen LogP contribution in [-0.2, 0) is 9.59 Å². The average Bonchev–Trinajstić information content (AvgIpc) is 3.04. The Morgan fingerprint density at radius 3 is 2.96 bits per heavy atom. The van der Waals surface area contributed by atoms with Crippen molar-refractivity contribution in [1.82, 2.24) is 9.88 Å². The van der Waals surface area contributed by atoms with E-state index in [1.807, 2.05) is 0 Å². The zero-order chi connectivity index (χ0) is 16.6. The molecule has 23 heavy (non-hydrogen) atoms. The fourth-order valence-electron chi connectivity index (χ4n) is 2.49. The Labute approximate surface area is 133 Å². The van der Waals surface area contributed by atoms with Gasteiger partial charge in [0.25, 0.3) is 0 Å². The summed E-state index contributed by atoms with van der Waals surface area (Å²) in [4.78, 5) is 28.6. The van der Waals surface area contributed by atoms with Crippen LogP contribution in [-0.4, -0.2) is 41.0 Å². The van der Waals surface area contributed by atoms with Gasteiger partial charge >= 0.3 is 6.18 Å². The summed E-state index contributed by atoms with van der Waals surface area (Å²) in [5.41, 5.74) is 3.02. The predicted molar refractivity (Wildman–Crippen MR) is 79.0 cm³/mol. The molecule has 1 fully saturated rings. The van der Waals surface area contributed by atoms with Crippen molar-refractivity contribution in [2.45, 2.75) is 12.6 Å². The number of anilines is 1. The van der Waals surface area contributed by atoms with Crippen molar-refractivity contribution in [3.63, 3.8) is 0 Å². The van der Waals surface area contributed by atoms with Gasteiger partial charge in [-0.3, -0.25) is 9.59 Å². The number of benzene rings is 1. The van der Waals surface area contributed by atoms with E-state index < -0.39 is 30.5 Å². The summed E-state index contributed by atoms with van der Waals surface area (Å²) in [6, 6.07) is 5.16. The van der Waals surface area contributed by atoms with Crippen LogP contribution in [0.25, 0.3) is 10.2 Å². The first-order valence-electron chi connectivity index (χ1n) is 6.80. The number of nitrogens with one attached hydrogen (secondary N) is 1. The maximum atomic E-state index is 12.4. The smallest absolute Gasteiger partial charge is 0.333 e. The van der Waals surface area contributed by atoms with E-state index in [9.17, 15) is 22.8 Å². The van der Waals surface area contributed by atoms with Gasteiger partial charge in [0, 0.05) is 18.7 Å². The van der Waals surface area contributed by atoms with E-state index in [-0.39, 0.29) is 13.0 Å². The van der Waals surface area contributed by atoms with E-state index in [1.54, 1.807) is 23.7 Å². The van der Waals surface area contributed by atoms with Gasteiger partial charge in [-0.1, -0.05) is 0 Å². The number of nitrogens with zero attached hydrogens (tertiary/aromatic N) is 2. The van der Waals surface area contributed by atoms with Crippen LogP contribution in [0.3, 0.4) is 0 Å². The Morgan fingerprint density at radius 2 is 2.22 bits per heavy atom. The van der Waals surface area contributed by atoms with E-state index >= 15 is 0 Å². The highest BCUT2D eigenvalue weighted by Gasteiger charge is 2.40. The zero-order valence-corrected chi connectivity index (χ0v) is 12.6. The lowest BCUT2D eigenvalue weighted by molar-refractivity contribution is -0.157. The summed E-state index contributed by atoms with van der Waals surface area (Å²) >= 11 is 1.42. The summed E-state index contributed by atoms with van der Waals surface area (Å²) in [5, 5.41) is 2.65. The Morgan fingerprint density at radius 1 is 1.43 bits per heavy atom. The predicted octanol–water partition coefficient (Wildman–Crippen LogP) is 2.65. The van der Waals surface area contributed by atoms with Gasteiger partial charge in [0.15, 0.2) is 0 Å². The maximum Gasteiger partial charge on any atom is 0.406 e. The Balaban J connectivity index is 1.65. The molecule has 2 aromatic rings. The van der Waals surface area contributed by atoms with E-state index in [4.69, 9.17) is 0 Å². The summed E-state index contributed by atoms with van der Waals surface area (Å²) in [6.07, 6.45) is -4.66. The van der Waals surface area contributed by atoms with Crippen LogP contribution in [0.4, 0.5) is 18.9 Å². The lowest BCUT2D eigenvalue weighted by Gasteiger charge is -2.18. The molecule has 2 amide bonds. The number of carbonyl (C=O) groups is 2. The highest BCUT2D eigenvalue weighted by Crippen LogP contribution is 2.26. The summed E-state index contributed by atoms with van der Waals surface area (Å²) in [7, 11) is 0. The van der Waals surface area contributed by atoms with Gasteiger partial charge in [0.05, 0.1) is 21.6 Å². The molecule has 2 heterocycles. The average molecular weight is 343 g/mol. The minimum absolute atomic E-state index is 0.204. The molecule has 3 rings (SSSR count). The third-order valence-corrected chi connectivity index (χ3v) is 4.35. The molecule has 0 radical (unpaired) electrons. The fourth-order valence-corrected chi connectivity index (χ4v) is 3.21. The molecule has 122 valence electrons. The van der Waals surface area contributed by atoms with Crippen LogP contribution in [0, 0.1) is 5.92 Å². The zero-order valence-electron chi connectivity index (χ0n) is 11.8. The van der Waals surface area contributed by atoms with Crippen molar-refractivity contribution in [1.29, 1.82) is 0 Å². The Bertz CT molecular complexity index is 759. The van der Waals surface area contributed by atoms with Crippen molar-refractivity contribution in [3.8, 4) is 0 Å². The number of hydrogen-bond acceptors (Lipinski definition) is 4. The summed E-state index contributed by atoms with van der Waals surface area (Å²) in [5.74, 6) is -1.88. The standard InChI is InChI=1S/C14H12F3N3O2S/c15-14(16,17)6-20-5-8(3-12(20)21)13(22)19-9-1-2-10-11(4-9)23-7-18-10/h1-2,4,7-8H,3,5-6H2,(H,19,22).